The molecule has 7 heteroatoms. The number of rotatable bonds is 10. The van der Waals surface area contributed by atoms with Crippen molar-refractivity contribution in [3.8, 4) is 5.75 Å². The zero-order valence-electron chi connectivity index (χ0n) is 19.3. The van der Waals surface area contributed by atoms with Crippen LogP contribution in [0.2, 0.25) is 5.02 Å². The number of halogens is 1. The lowest BCUT2D eigenvalue weighted by Crippen LogP contribution is -2.31. The largest absolute Gasteiger partial charge is 0.507 e. The second-order valence-electron chi connectivity index (χ2n) is 8.07. The van der Waals surface area contributed by atoms with E-state index < -0.39 is 17.7 Å². The molecular weight excluding hydrogens is 442 g/mol. The molecule has 2 aromatic rings. The van der Waals surface area contributed by atoms with Crippen molar-refractivity contribution < 1.29 is 24.2 Å². The molecule has 6 nitrogen and oxygen atoms in total. The molecule has 0 unspecified atom stereocenters. The number of carbonyl (C=O) groups is 2. The number of carbonyl (C=O) groups excluding carboxylic acids is 2. The highest BCUT2D eigenvalue weighted by Crippen LogP contribution is 2.40. The molecule has 176 valence electrons. The Morgan fingerprint density at radius 1 is 1.09 bits per heavy atom. The van der Waals surface area contributed by atoms with E-state index in [2.05, 4.69) is 6.92 Å². The Labute approximate surface area is 199 Å². The maximum Gasteiger partial charge on any atom is 0.295 e. The van der Waals surface area contributed by atoms with E-state index in [1.807, 2.05) is 6.92 Å². The van der Waals surface area contributed by atoms with Gasteiger partial charge in [-0.3, -0.25) is 9.59 Å². The first kappa shape index (κ1) is 24.8. The number of methoxy groups -OCH3 is 1. The van der Waals surface area contributed by atoms with E-state index in [0.29, 0.717) is 42.3 Å². The number of aliphatic hydroxyl groups excluding tert-OH is 1. The van der Waals surface area contributed by atoms with Gasteiger partial charge in [0.1, 0.15) is 11.5 Å². The summed E-state index contributed by atoms with van der Waals surface area (Å²) in [4.78, 5) is 27.4. The second-order valence-corrected chi connectivity index (χ2v) is 8.51. The predicted molar refractivity (Wildman–Crippen MR) is 129 cm³/mol. The molecule has 1 fully saturated rings. The van der Waals surface area contributed by atoms with Gasteiger partial charge in [0.05, 0.1) is 18.2 Å². The third-order valence-electron chi connectivity index (χ3n) is 5.68. The summed E-state index contributed by atoms with van der Waals surface area (Å²) in [6.07, 6.45) is 2.55. The minimum atomic E-state index is -0.708. The van der Waals surface area contributed by atoms with Crippen LogP contribution in [0.1, 0.15) is 48.9 Å². The molecule has 0 saturated carbocycles. The van der Waals surface area contributed by atoms with Crippen LogP contribution in [0.4, 0.5) is 0 Å². The molecule has 0 aromatic heterocycles. The Balaban J connectivity index is 2.03. The zero-order chi connectivity index (χ0) is 24.0. The number of ketones is 1. The number of hydrogen-bond acceptors (Lipinski definition) is 5. The quantitative estimate of drug-likeness (QED) is 0.220. The second kappa shape index (κ2) is 11.3. The highest BCUT2D eigenvalue weighted by Gasteiger charge is 2.45. The lowest BCUT2D eigenvalue weighted by atomic mass is 9.94. The lowest BCUT2D eigenvalue weighted by Gasteiger charge is -2.25. The van der Waals surface area contributed by atoms with Crippen molar-refractivity contribution in [2.75, 3.05) is 26.9 Å². The Kier molecular flexibility index (Phi) is 8.53. The summed E-state index contributed by atoms with van der Waals surface area (Å²) in [5, 5.41) is 11.7. The fraction of sp³-hybridized carbons (Fsp3) is 0.385. The molecular formula is C26H30ClNO5. The number of aliphatic hydroxyl groups is 1. The van der Waals surface area contributed by atoms with Crippen LogP contribution in [-0.4, -0.2) is 48.6 Å². The van der Waals surface area contributed by atoms with Crippen LogP contribution in [0.15, 0.2) is 48.0 Å². The first-order valence-electron chi connectivity index (χ1n) is 11.2. The summed E-state index contributed by atoms with van der Waals surface area (Å²) in [6, 6.07) is 11.5. The standard InChI is InChI=1S/C26H30ClNO5/c1-4-5-15-33-21-12-9-19(16-17(21)2)24(29)22-23(18-7-10-20(27)11-8-18)28(13-6-14-32-3)26(31)25(22)30/h7-12,16,23,29H,4-6,13-15H2,1-3H3/t23-/m1/s1. The summed E-state index contributed by atoms with van der Waals surface area (Å²) in [5.41, 5.74) is 2.07. The number of hydrogen-bond donors (Lipinski definition) is 1. The lowest BCUT2D eigenvalue weighted by molar-refractivity contribution is -0.140. The maximum atomic E-state index is 13.0. The molecule has 1 N–H and O–H groups in total. The van der Waals surface area contributed by atoms with Crippen molar-refractivity contribution in [2.24, 2.45) is 0 Å². The monoisotopic (exact) mass is 471 g/mol. The van der Waals surface area contributed by atoms with E-state index in [4.69, 9.17) is 21.1 Å². The number of ether oxygens (including phenoxy) is 2. The molecule has 1 saturated heterocycles. The number of unbranched alkanes of at least 4 members (excludes halogenated alkanes) is 1. The van der Waals surface area contributed by atoms with E-state index in [1.165, 1.54) is 4.90 Å². The molecule has 0 radical (unpaired) electrons. The van der Waals surface area contributed by atoms with E-state index in [9.17, 15) is 14.7 Å². The molecule has 0 spiro atoms. The van der Waals surface area contributed by atoms with E-state index in [1.54, 1.807) is 49.6 Å². The number of nitrogens with zero attached hydrogens (tertiary/aromatic N) is 1. The highest BCUT2D eigenvalue weighted by molar-refractivity contribution is 6.46. The normalized spacial score (nSPS) is 17.6. The van der Waals surface area contributed by atoms with Crippen molar-refractivity contribution in [3.63, 3.8) is 0 Å². The number of aryl methyl sites for hydroxylation is 1. The summed E-state index contributed by atoms with van der Waals surface area (Å²) >= 11 is 6.05. The average molecular weight is 472 g/mol. The van der Waals surface area contributed by atoms with Gasteiger partial charge in [0, 0.05) is 30.8 Å². The number of amides is 1. The summed E-state index contributed by atoms with van der Waals surface area (Å²) in [7, 11) is 1.59. The average Bonchev–Trinajstić information content (AvgIpc) is 3.05. The van der Waals surface area contributed by atoms with Crippen molar-refractivity contribution in [3.05, 3.63) is 69.8 Å². The van der Waals surface area contributed by atoms with Gasteiger partial charge in [0.15, 0.2) is 0 Å². The predicted octanol–water partition coefficient (Wildman–Crippen LogP) is 5.29. The molecule has 33 heavy (non-hydrogen) atoms. The Hall–Kier alpha value is -2.83. The summed E-state index contributed by atoms with van der Waals surface area (Å²) in [5.74, 6) is -0.811. The van der Waals surface area contributed by atoms with Crippen LogP contribution >= 0.6 is 11.6 Å². The van der Waals surface area contributed by atoms with Gasteiger partial charge in [-0.15, -0.1) is 0 Å². The Morgan fingerprint density at radius 3 is 2.45 bits per heavy atom. The molecule has 1 atom stereocenters. The highest BCUT2D eigenvalue weighted by atomic mass is 35.5. The maximum absolute atomic E-state index is 13.0. The van der Waals surface area contributed by atoms with Gasteiger partial charge in [0.2, 0.25) is 0 Å². The van der Waals surface area contributed by atoms with Crippen molar-refractivity contribution >= 4 is 29.1 Å². The smallest absolute Gasteiger partial charge is 0.295 e. The van der Waals surface area contributed by atoms with Gasteiger partial charge in [0.25, 0.3) is 11.7 Å². The van der Waals surface area contributed by atoms with Gasteiger partial charge >= 0.3 is 0 Å². The fourth-order valence-electron chi connectivity index (χ4n) is 3.92. The number of benzene rings is 2. The van der Waals surface area contributed by atoms with E-state index in [-0.39, 0.29) is 11.3 Å². The van der Waals surface area contributed by atoms with Crippen molar-refractivity contribution in [1.82, 2.24) is 4.90 Å². The van der Waals surface area contributed by atoms with E-state index in [0.717, 1.165) is 24.2 Å². The van der Waals surface area contributed by atoms with Crippen LogP contribution in [-0.2, 0) is 14.3 Å². The van der Waals surface area contributed by atoms with Crippen LogP contribution in [0, 0.1) is 6.92 Å². The van der Waals surface area contributed by atoms with Gasteiger partial charge in [-0.2, -0.15) is 0 Å². The topological polar surface area (TPSA) is 76.1 Å². The van der Waals surface area contributed by atoms with Crippen molar-refractivity contribution in [2.45, 2.75) is 39.2 Å². The number of likely N-dealkylation sites (tertiary alicyclic amines) is 1. The molecule has 1 aliphatic rings. The minimum absolute atomic E-state index is 0.0683. The van der Waals surface area contributed by atoms with Gasteiger partial charge in [-0.25, -0.2) is 0 Å². The summed E-state index contributed by atoms with van der Waals surface area (Å²) < 4.78 is 10.9. The Morgan fingerprint density at radius 2 is 1.82 bits per heavy atom. The molecule has 3 rings (SSSR count). The third-order valence-corrected chi connectivity index (χ3v) is 5.93. The van der Waals surface area contributed by atoms with Gasteiger partial charge in [-0.05, 0) is 61.2 Å². The molecule has 1 aliphatic heterocycles. The van der Waals surface area contributed by atoms with Gasteiger partial charge < -0.3 is 19.5 Å². The first-order chi connectivity index (χ1) is 15.9. The van der Waals surface area contributed by atoms with Crippen LogP contribution in [0.25, 0.3) is 5.76 Å². The molecule has 2 aromatic carbocycles. The van der Waals surface area contributed by atoms with Gasteiger partial charge in [-0.1, -0.05) is 37.1 Å². The molecule has 1 heterocycles. The van der Waals surface area contributed by atoms with Crippen LogP contribution in [0.3, 0.4) is 0 Å². The SMILES string of the molecule is CCCCOc1ccc(C(O)=C2C(=O)C(=O)N(CCCOC)[C@@H]2c2ccc(Cl)cc2)cc1C. The third kappa shape index (κ3) is 5.57. The van der Waals surface area contributed by atoms with Crippen LogP contribution < -0.4 is 4.74 Å². The Bertz CT molecular complexity index is 1030. The minimum Gasteiger partial charge on any atom is -0.507 e. The fourth-order valence-corrected chi connectivity index (χ4v) is 4.05. The number of Topliss-reactive ketones (excluding diaryl/α,β-unsaturated/α-hetero) is 1. The van der Waals surface area contributed by atoms with Crippen LogP contribution in [0.5, 0.6) is 5.75 Å². The first-order valence-corrected chi connectivity index (χ1v) is 11.5. The molecule has 1 amide bonds. The van der Waals surface area contributed by atoms with E-state index >= 15 is 0 Å². The molecule has 0 bridgehead atoms. The zero-order valence-corrected chi connectivity index (χ0v) is 20.0. The molecule has 0 aliphatic carbocycles. The van der Waals surface area contributed by atoms with Crippen molar-refractivity contribution in [1.29, 1.82) is 0 Å². The summed E-state index contributed by atoms with van der Waals surface area (Å²) in [6.45, 7) is 5.38.